The maximum Gasteiger partial charge on any atom is 0.272 e. The summed E-state index contributed by atoms with van der Waals surface area (Å²) in [4.78, 5) is 17.0. The fourth-order valence-electron chi connectivity index (χ4n) is 2.71. The molecule has 0 unspecified atom stereocenters. The lowest BCUT2D eigenvalue weighted by Crippen LogP contribution is -2.49. The normalized spacial score (nSPS) is 16.4. The van der Waals surface area contributed by atoms with Crippen LogP contribution in [-0.4, -0.2) is 64.8 Å². The smallest absolute Gasteiger partial charge is 0.272 e. The van der Waals surface area contributed by atoms with Crippen LogP contribution in [0.1, 0.15) is 36.5 Å². The van der Waals surface area contributed by atoms with Gasteiger partial charge in [0.25, 0.3) is 5.91 Å². The van der Waals surface area contributed by atoms with Gasteiger partial charge in [-0.2, -0.15) is 5.10 Å². The fraction of sp³-hybridized carbons (Fsp3) is 0.733. The number of hydrogen-bond donors (Lipinski definition) is 1. The SMILES string of the molecule is CCc1cc(C(=O)N2CCN(CCCN)CC2)n(CC)n1. The van der Waals surface area contributed by atoms with Crippen molar-refractivity contribution in [2.75, 3.05) is 39.3 Å². The van der Waals surface area contributed by atoms with Crippen molar-refractivity contribution in [3.8, 4) is 0 Å². The number of carbonyl (C=O) groups is 1. The molecule has 21 heavy (non-hydrogen) atoms. The average molecular weight is 293 g/mol. The quantitative estimate of drug-likeness (QED) is 0.833. The lowest BCUT2D eigenvalue weighted by atomic mass is 10.2. The minimum Gasteiger partial charge on any atom is -0.335 e. The third-order valence-corrected chi connectivity index (χ3v) is 4.05. The van der Waals surface area contributed by atoms with Gasteiger partial charge in [-0.1, -0.05) is 6.92 Å². The van der Waals surface area contributed by atoms with Crippen LogP contribution in [0.3, 0.4) is 0 Å². The average Bonchev–Trinajstić information content (AvgIpc) is 2.96. The van der Waals surface area contributed by atoms with Crippen molar-refractivity contribution in [1.82, 2.24) is 19.6 Å². The van der Waals surface area contributed by atoms with Crippen molar-refractivity contribution in [1.29, 1.82) is 0 Å². The zero-order valence-corrected chi connectivity index (χ0v) is 13.2. The molecule has 0 aliphatic carbocycles. The molecule has 1 saturated heterocycles. The van der Waals surface area contributed by atoms with Gasteiger partial charge in [0.2, 0.25) is 0 Å². The van der Waals surface area contributed by atoms with Crippen molar-refractivity contribution in [3.63, 3.8) is 0 Å². The van der Waals surface area contributed by atoms with Crippen LogP contribution in [0.4, 0.5) is 0 Å². The minimum absolute atomic E-state index is 0.113. The van der Waals surface area contributed by atoms with Crippen LogP contribution in [0.25, 0.3) is 0 Å². The van der Waals surface area contributed by atoms with Gasteiger partial charge in [-0.15, -0.1) is 0 Å². The summed E-state index contributed by atoms with van der Waals surface area (Å²) < 4.78 is 1.82. The first-order valence-corrected chi connectivity index (χ1v) is 7.98. The molecule has 0 radical (unpaired) electrons. The number of aryl methyl sites for hydroxylation is 2. The Labute approximate surface area is 126 Å². The van der Waals surface area contributed by atoms with Crippen molar-refractivity contribution < 1.29 is 4.79 Å². The van der Waals surface area contributed by atoms with Gasteiger partial charge in [-0.3, -0.25) is 14.4 Å². The maximum atomic E-state index is 12.7. The fourth-order valence-corrected chi connectivity index (χ4v) is 2.71. The molecule has 1 aromatic heterocycles. The molecule has 0 aromatic carbocycles. The Kier molecular flexibility index (Phi) is 5.76. The minimum atomic E-state index is 0.113. The van der Waals surface area contributed by atoms with Crippen LogP contribution in [0.15, 0.2) is 6.07 Å². The van der Waals surface area contributed by atoms with Gasteiger partial charge in [0, 0.05) is 32.7 Å². The van der Waals surface area contributed by atoms with E-state index in [9.17, 15) is 4.79 Å². The van der Waals surface area contributed by atoms with E-state index in [1.807, 2.05) is 22.6 Å². The van der Waals surface area contributed by atoms with Crippen molar-refractivity contribution in [3.05, 3.63) is 17.5 Å². The Hall–Kier alpha value is -1.40. The van der Waals surface area contributed by atoms with E-state index in [1.54, 1.807) is 0 Å². The van der Waals surface area contributed by atoms with E-state index < -0.39 is 0 Å². The number of aromatic nitrogens is 2. The number of piperazine rings is 1. The predicted octanol–water partition coefficient (Wildman–Crippen LogP) is 0.572. The highest BCUT2D eigenvalue weighted by atomic mass is 16.2. The molecule has 2 rings (SSSR count). The van der Waals surface area contributed by atoms with Gasteiger partial charge in [0.1, 0.15) is 5.69 Å². The van der Waals surface area contributed by atoms with E-state index in [4.69, 9.17) is 5.73 Å². The molecule has 0 spiro atoms. The molecule has 0 saturated carbocycles. The first kappa shape index (κ1) is 16.0. The highest BCUT2D eigenvalue weighted by Gasteiger charge is 2.24. The van der Waals surface area contributed by atoms with Crippen molar-refractivity contribution >= 4 is 5.91 Å². The maximum absolute atomic E-state index is 12.7. The second-order valence-electron chi connectivity index (χ2n) is 5.47. The highest BCUT2D eigenvalue weighted by molar-refractivity contribution is 5.92. The van der Waals surface area contributed by atoms with Gasteiger partial charge in [-0.25, -0.2) is 0 Å². The van der Waals surface area contributed by atoms with E-state index in [0.717, 1.165) is 70.0 Å². The number of amides is 1. The second kappa shape index (κ2) is 7.56. The largest absolute Gasteiger partial charge is 0.335 e. The molecular weight excluding hydrogens is 266 g/mol. The molecule has 2 heterocycles. The van der Waals surface area contributed by atoms with Crippen LogP contribution in [0, 0.1) is 0 Å². The Bertz CT molecular complexity index is 463. The Morgan fingerprint density at radius 2 is 2.00 bits per heavy atom. The predicted molar refractivity (Wildman–Crippen MR) is 83.3 cm³/mol. The van der Waals surface area contributed by atoms with Crippen molar-refractivity contribution in [2.45, 2.75) is 33.2 Å². The van der Waals surface area contributed by atoms with E-state index in [0.29, 0.717) is 0 Å². The summed E-state index contributed by atoms with van der Waals surface area (Å²) in [7, 11) is 0. The number of hydrogen-bond acceptors (Lipinski definition) is 4. The van der Waals surface area contributed by atoms with Gasteiger partial charge >= 0.3 is 0 Å². The van der Waals surface area contributed by atoms with Gasteiger partial charge in [-0.05, 0) is 38.9 Å². The van der Waals surface area contributed by atoms with Crippen molar-refractivity contribution in [2.24, 2.45) is 5.73 Å². The second-order valence-corrected chi connectivity index (χ2v) is 5.47. The molecule has 118 valence electrons. The molecule has 1 aromatic rings. The summed E-state index contributed by atoms with van der Waals surface area (Å²) in [6.07, 6.45) is 1.89. The summed E-state index contributed by atoms with van der Waals surface area (Å²) >= 11 is 0. The lowest BCUT2D eigenvalue weighted by molar-refractivity contribution is 0.0624. The Balaban J connectivity index is 1.97. The number of nitrogens with two attached hydrogens (primary N) is 1. The van der Waals surface area contributed by atoms with E-state index in [1.165, 1.54) is 0 Å². The molecule has 1 aliphatic heterocycles. The molecule has 2 N–H and O–H groups in total. The Morgan fingerprint density at radius 1 is 1.29 bits per heavy atom. The van der Waals surface area contributed by atoms with Gasteiger partial charge < -0.3 is 10.6 Å². The molecule has 1 aliphatic rings. The lowest BCUT2D eigenvalue weighted by Gasteiger charge is -2.34. The van der Waals surface area contributed by atoms with Crippen LogP contribution in [0.2, 0.25) is 0 Å². The number of nitrogens with zero attached hydrogens (tertiary/aromatic N) is 4. The molecular formula is C15H27N5O. The third kappa shape index (κ3) is 3.83. The first-order chi connectivity index (χ1) is 10.2. The molecule has 1 fully saturated rings. The molecule has 1 amide bonds. The zero-order valence-electron chi connectivity index (χ0n) is 13.2. The molecule has 0 atom stereocenters. The van der Waals surface area contributed by atoms with E-state index in [-0.39, 0.29) is 5.91 Å². The topological polar surface area (TPSA) is 67.4 Å². The molecule has 6 nitrogen and oxygen atoms in total. The summed E-state index contributed by atoms with van der Waals surface area (Å²) in [5.41, 5.74) is 7.26. The number of carbonyl (C=O) groups excluding carboxylic acids is 1. The molecule has 6 heteroatoms. The van der Waals surface area contributed by atoms with Gasteiger partial charge in [0.15, 0.2) is 0 Å². The Morgan fingerprint density at radius 3 is 2.57 bits per heavy atom. The zero-order chi connectivity index (χ0) is 15.2. The van der Waals surface area contributed by atoms with E-state index >= 15 is 0 Å². The van der Waals surface area contributed by atoms with Gasteiger partial charge in [0.05, 0.1) is 5.69 Å². The van der Waals surface area contributed by atoms with Crippen LogP contribution in [-0.2, 0) is 13.0 Å². The first-order valence-electron chi connectivity index (χ1n) is 7.98. The number of rotatable bonds is 6. The summed E-state index contributed by atoms with van der Waals surface area (Å²) in [5.74, 6) is 0.113. The van der Waals surface area contributed by atoms with Crippen LogP contribution >= 0.6 is 0 Å². The molecule has 0 bridgehead atoms. The monoisotopic (exact) mass is 293 g/mol. The summed E-state index contributed by atoms with van der Waals surface area (Å²) in [6.45, 7) is 10.0. The van der Waals surface area contributed by atoms with Crippen LogP contribution < -0.4 is 5.73 Å². The third-order valence-electron chi connectivity index (χ3n) is 4.05. The van der Waals surface area contributed by atoms with Crippen LogP contribution in [0.5, 0.6) is 0 Å². The summed E-state index contributed by atoms with van der Waals surface area (Å²) in [6, 6.07) is 1.94. The standard InChI is InChI=1S/C15H27N5O/c1-3-13-12-14(20(4-2)17-13)15(21)19-10-8-18(9-11-19)7-5-6-16/h12H,3-11,16H2,1-2H3. The van der Waals surface area contributed by atoms with E-state index in [2.05, 4.69) is 16.9 Å². The highest BCUT2D eigenvalue weighted by Crippen LogP contribution is 2.11. The summed E-state index contributed by atoms with van der Waals surface area (Å²) in [5, 5.41) is 4.46.